The predicted molar refractivity (Wildman–Crippen MR) is 89.3 cm³/mol. The van der Waals surface area contributed by atoms with E-state index in [9.17, 15) is 0 Å². The van der Waals surface area contributed by atoms with Crippen LogP contribution in [0.25, 0.3) is 0 Å². The molecule has 1 aromatic carbocycles. The van der Waals surface area contributed by atoms with E-state index in [0.717, 1.165) is 11.8 Å². The molecule has 0 atom stereocenters. The molecular weight excluding hydrogens is 240 g/mol. The molecule has 0 heteroatoms. The smallest absolute Gasteiger partial charge is 0.0162 e. The van der Waals surface area contributed by atoms with E-state index in [4.69, 9.17) is 0 Å². The molecule has 1 aliphatic carbocycles. The van der Waals surface area contributed by atoms with Crippen LogP contribution in [-0.4, -0.2) is 0 Å². The van der Waals surface area contributed by atoms with Crippen molar-refractivity contribution in [2.75, 3.05) is 0 Å². The lowest BCUT2D eigenvalue weighted by Gasteiger charge is -2.29. The van der Waals surface area contributed by atoms with E-state index in [1.165, 1.54) is 69.8 Å². The van der Waals surface area contributed by atoms with Gasteiger partial charge in [0.1, 0.15) is 0 Å². The summed E-state index contributed by atoms with van der Waals surface area (Å²) >= 11 is 0. The number of hydrogen-bond donors (Lipinski definition) is 0. The van der Waals surface area contributed by atoms with E-state index in [-0.39, 0.29) is 0 Å². The first-order chi connectivity index (χ1) is 9.83. The molecule has 0 nitrogen and oxygen atoms in total. The third kappa shape index (κ3) is 4.65. The van der Waals surface area contributed by atoms with E-state index >= 15 is 0 Å². The van der Waals surface area contributed by atoms with Gasteiger partial charge in [0.15, 0.2) is 0 Å². The van der Waals surface area contributed by atoms with Crippen LogP contribution >= 0.6 is 0 Å². The van der Waals surface area contributed by atoms with Crippen molar-refractivity contribution in [1.29, 1.82) is 0 Å². The summed E-state index contributed by atoms with van der Waals surface area (Å²) in [5.41, 5.74) is 3.12. The second-order valence-corrected chi connectivity index (χ2v) is 6.71. The Morgan fingerprint density at radius 2 is 1.50 bits per heavy atom. The van der Waals surface area contributed by atoms with Crippen LogP contribution in [0, 0.1) is 5.92 Å². The molecule has 112 valence electrons. The molecule has 0 spiro atoms. The second kappa shape index (κ2) is 8.49. The molecule has 0 heterocycles. The first kappa shape index (κ1) is 15.6. The molecule has 0 unspecified atom stereocenters. The third-order valence-electron chi connectivity index (χ3n) is 5.08. The van der Waals surface area contributed by atoms with Crippen LogP contribution in [0.3, 0.4) is 0 Å². The molecule has 0 N–H and O–H groups in total. The van der Waals surface area contributed by atoms with Gasteiger partial charge in [-0.1, -0.05) is 63.8 Å². The van der Waals surface area contributed by atoms with Crippen LogP contribution in [0.2, 0.25) is 0 Å². The van der Waals surface area contributed by atoms with E-state index in [0.29, 0.717) is 0 Å². The van der Waals surface area contributed by atoms with Crippen LogP contribution in [0.5, 0.6) is 0 Å². The second-order valence-electron chi connectivity index (χ2n) is 6.71. The van der Waals surface area contributed by atoms with E-state index < -0.39 is 0 Å². The van der Waals surface area contributed by atoms with Crippen molar-refractivity contribution >= 4 is 0 Å². The molecule has 0 bridgehead atoms. The first-order valence-corrected chi connectivity index (χ1v) is 8.92. The molecule has 0 radical (unpaired) electrons. The van der Waals surface area contributed by atoms with Crippen LogP contribution in [0.1, 0.15) is 88.7 Å². The average molecular weight is 272 g/mol. The van der Waals surface area contributed by atoms with Crippen molar-refractivity contribution in [3.05, 3.63) is 35.4 Å². The Labute approximate surface area is 126 Å². The molecule has 0 saturated heterocycles. The predicted octanol–water partition coefficient (Wildman–Crippen LogP) is 6.49. The maximum absolute atomic E-state index is 2.40. The SMILES string of the molecule is CCCCc1ccc(C2CCC(CCCC)CC2)cc1. The summed E-state index contributed by atoms with van der Waals surface area (Å²) < 4.78 is 0. The fourth-order valence-electron chi connectivity index (χ4n) is 3.61. The van der Waals surface area contributed by atoms with E-state index in [1.54, 1.807) is 5.56 Å². The minimum atomic E-state index is 0.841. The Hall–Kier alpha value is -0.780. The summed E-state index contributed by atoms with van der Waals surface area (Å²) in [7, 11) is 0. The zero-order valence-electron chi connectivity index (χ0n) is 13.5. The highest BCUT2D eigenvalue weighted by Crippen LogP contribution is 2.37. The molecule has 2 rings (SSSR count). The monoisotopic (exact) mass is 272 g/mol. The van der Waals surface area contributed by atoms with Crippen molar-refractivity contribution in [2.24, 2.45) is 5.92 Å². The fraction of sp³-hybridized carbons (Fsp3) is 0.700. The first-order valence-electron chi connectivity index (χ1n) is 8.92. The highest BCUT2D eigenvalue weighted by atomic mass is 14.3. The third-order valence-corrected chi connectivity index (χ3v) is 5.08. The molecule has 1 aromatic rings. The summed E-state index contributed by atoms with van der Waals surface area (Å²) in [4.78, 5) is 0. The minimum Gasteiger partial charge on any atom is -0.0654 e. The summed E-state index contributed by atoms with van der Waals surface area (Å²) in [6.45, 7) is 4.58. The minimum absolute atomic E-state index is 0.841. The summed E-state index contributed by atoms with van der Waals surface area (Å²) in [5, 5.41) is 0. The number of hydrogen-bond acceptors (Lipinski definition) is 0. The fourth-order valence-corrected chi connectivity index (χ4v) is 3.61. The zero-order chi connectivity index (χ0) is 14.2. The maximum atomic E-state index is 2.40. The van der Waals surface area contributed by atoms with Gasteiger partial charge in [-0.2, -0.15) is 0 Å². The van der Waals surface area contributed by atoms with Gasteiger partial charge < -0.3 is 0 Å². The Morgan fingerprint density at radius 3 is 2.10 bits per heavy atom. The number of rotatable bonds is 7. The molecule has 0 aliphatic heterocycles. The largest absolute Gasteiger partial charge is 0.0654 e. The molecule has 0 aromatic heterocycles. The van der Waals surface area contributed by atoms with Gasteiger partial charge in [-0.15, -0.1) is 0 Å². The number of aryl methyl sites for hydroxylation is 1. The molecular formula is C20H32. The Morgan fingerprint density at radius 1 is 0.850 bits per heavy atom. The van der Waals surface area contributed by atoms with Gasteiger partial charge in [-0.25, -0.2) is 0 Å². The Kier molecular flexibility index (Phi) is 6.63. The topological polar surface area (TPSA) is 0 Å². The molecule has 1 fully saturated rings. The van der Waals surface area contributed by atoms with Gasteiger partial charge in [-0.3, -0.25) is 0 Å². The van der Waals surface area contributed by atoms with Crippen molar-refractivity contribution in [3.63, 3.8) is 0 Å². The zero-order valence-corrected chi connectivity index (χ0v) is 13.5. The van der Waals surface area contributed by atoms with Gasteiger partial charge >= 0.3 is 0 Å². The number of benzene rings is 1. The Bertz CT molecular complexity index is 354. The quantitative estimate of drug-likeness (QED) is 0.532. The normalized spacial score (nSPS) is 22.9. The van der Waals surface area contributed by atoms with Gasteiger partial charge in [-0.05, 0) is 61.5 Å². The lowest BCUT2D eigenvalue weighted by Crippen LogP contribution is -2.13. The highest BCUT2D eigenvalue weighted by Gasteiger charge is 2.21. The van der Waals surface area contributed by atoms with E-state index in [1.807, 2.05) is 0 Å². The number of unbranched alkanes of at least 4 members (excludes halogenated alkanes) is 2. The van der Waals surface area contributed by atoms with Crippen molar-refractivity contribution in [3.8, 4) is 0 Å². The molecule has 20 heavy (non-hydrogen) atoms. The molecule has 0 amide bonds. The highest BCUT2D eigenvalue weighted by molar-refractivity contribution is 5.25. The lowest BCUT2D eigenvalue weighted by atomic mass is 9.77. The van der Waals surface area contributed by atoms with Gasteiger partial charge in [0.2, 0.25) is 0 Å². The van der Waals surface area contributed by atoms with Crippen molar-refractivity contribution in [2.45, 2.75) is 84.0 Å². The molecule has 1 saturated carbocycles. The molecule has 1 aliphatic rings. The average Bonchev–Trinajstić information content (AvgIpc) is 2.52. The van der Waals surface area contributed by atoms with Gasteiger partial charge in [0.25, 0.3) is 0 Å². The standard InChI is InChI=1S/C20H32/c1-3-5-7-17-9-13-19(14-10-17)20-15-11-18(12-16-20)8-6-4-2/h9-10,13-14,18,20H,3-8,11-12,15-16H2,1-2H3. The Balaban J connectivity index is 1.81. The maximum Gasteiger partial charge on any atom is -0.0162 e. The van der Waals surface area contributed by atoms with E-state index in [2.05, 4.69) is 38.1 Å². The summed E-state index contributed by atoms with van der Waals surface area (Å²) in [6, 6.07) is 9.55. The summed E-state index contributed by atoms with van der Waals surface area (Å²) in [5.74, 6) is 1.86. The summed E-state index contributed by atoms with van der Waals surface area (Å²) in [6.07, 6.45) is 13.9. The van der Waals surface area contributed by atoms with Crippen molar-refractivity contribution < 1.29 is 0 Å². The van der Waals surface area contributed by atoms with Gasteiger partial charge in [0, 0.05) is 0 Å². The van der Waals surface area contributed by atoms with Crippen LogP contribution in [0.4, 0.5) is 0 Å². The van der Waals surface area contributed by atoms with Crippen molar-refractivity contribution in [1.82, 2.24) is 0 Å². The van der Waals surface area contributed by atoms with Crippen LogP contribution < -0.4 is 0 Å². The van der Waals surface area contributed by atoms with Crippen LogP contribution in [0.15, 0.2) is 24.3 Å². The van der Waals surface area contributed by atoms with Gasteiger partial charge in [0.05, 0.1) is 0 Å². The van der Waals surface area contributed by atoms with Crippen LogP contribution in [-0.2, 0) is 6.42 Å². The lowest BCUT2D eigenvalue weighted by molar-refractivity contribution is 0.304.